The second-order valence-electron chi connectivity index (χ2n) is 9.19. The standard InChI is InChI=1S/C31H25N5O4.ClH/c1-18-24(17-37)29(23-14-26(39-2)27(40-3)15-25(23)34-18)19-10-12-33-28(13-19)36-31(38)22-9-5-4-8-21(22)30(35-36)20-7-6-11-32-16-20;/h4-16,37H,17H2,1-3H3;1H. The highest BCUT2D eigenvalue weighted by Gasteiger charge is 2.19. The molecule has 0 atom stereocenters. The predicted molar refractivity (Wildman–Crippen MR) is 160 cm³/mol. The maximum Gasteiger partial charge on any atom is 0.280 e. The molecule has 4 aromatic heterocycles. The Morgan fingerprint density at radius 2 is 1.63 bits per heavy atom. The van der Waals surface area contributed by atoms with Crippen LogP contribution in [0.1, 0.15) is 11.3 Å². The van der Waals surface area contributed by atoms with Gasteiger partial charge in [-0.1, -0.05) is 18.2 Å². The Morgan fingerprint density at radius 1 is 0.878 bits per heavy atom. The largest absolute Gasteiger partial charge is 0.493 e. The number of rotatable bonds is 6. The average Bonchev–Trinajstić information content (AvgIpc) is 3.00. The van der Waals surface area contributed by atoms with Crippen LogP contribution in [0.25, 0.3) is 49.9 Å². The van der Waals surface area contributed by atoms with Crippen molar-refractivity contribution in [3.63, 3.8) is 0 Å². The number of hydrogen-bond donors (Lipinski definition) is 1. The van der Waals surface area contributed by atoms with Crippen molar-refractivity contribution in [3.05, 3.63) is 101 Å². The van der Waals surface area contributed by atoms with Gasteiger partial charge in [-0.25, -0.2) is 4.98 Å². The summed E-state index contributed by atoms with van der Waals surface area (Å²) in [5.41, 5.74) is 4.62. The maximum absolute atomic E-state index is 13.7. The SMILES string of the molecule is COc1cc2nc(C)c(CO)c(-c3ccnc(-n4nc(-c5cccnc5)c5ccccc5c4=O)c3)c2cc1OC.Cl. The fourth-order valence-electron chi connectivity index (χ4n) is 5.03. The van der Waals surface area contributed by atoms with Crippen LogP contribution in [0.5, 0.6) is 11.5 Å². The fraction of sp³-hybridized carbons (Fsp3) is 0.129. The lowest BCUT2D eigenvalue weighted by molar-refractivity contribution is 0.281. The Morgan fingerprint density at radius 3 is 2.34 bits per heavy atom. The van der Waals surface area contributed by atoms with Crippen LogP contribution in [0.15, 0.2) is 84.0 Å². The highest BCUT2D eigenvalue weighted by Crippen LogP contribution is 2.39. The van der Waals surface area contributed by atoms with Crippen molar-refractivity contribution in [1.82, 2.24) is 24.7 Å². The van der Waals surface area contributed by atoms with Crippen LogP contribution in [0, 0.1) is 6.92 Å². The molecular weight excluding hydrogens is 542 g/mol. The van der Waals surface area contributed by atoms with Gasteiger partial charge in [-0.2, -0.15) is 9.78 Å². The van der Waals surface area contributed by atoms with Crippen molar-refractivity contribution >= 4 is 34.1 Å². The van der Waals surface area contributed by atoms with E-state index in [2.05, 4.69) is 9.97 Å². The zero-order chi connectivity index (χ0) is 27.8. The summed E-state index contributed by atoms with van der Waals surface area (Å²) >= 11 is 0. The number of aromatic nitrogens is 5. The number of aliphatic hydroxyl groups excluding tert-OH is 1. The van der Waals surface area contributed by atoms with Gasteiger partial charge < -0.3 is 14.6 Å². The smallest absolute Gasteiger partial charge is 0.280 e. The monoisotopic (exact) mass is 567 g/mol. The summed E-state index contributed by atoms with van der Waals surface area (Å²) in [7, 11) is 3.14. The summed E-state index contributed by atoms with van der Waals surface area (Å²) in [5.74, 6) is 1.42. The van der Waals surface area contributed by atoms with E-state index in [1.165, 1.54) is 4.68 Å². The number of benzene rings is 2. The minimum absolute atomic E-state index is 0. The molecule has 1 N–H and O–H groups in total. The number of aliphatic hydroxyl groups is 1. The number of hydrogen-bond acceptors (Lipinski definition) is 8. The van der Waals surface area contributed by atoms with Crippen LogP contribution in [0.3, 0.4) is 0 Å². The third-order valence-corrected chi connectivity index (χ3v) is 6.95. The van der Waals surface area contributed by atoms with Gasteiger partial charge in [-0.15, -0.1) is 12.4 Å². The van der Waals surface area contributed by atoms with Gasteiger partial charge in [0.15, 0.2) is 17.3 Å². The van der Waals surface area contributed by atoms with Gasteiger partial charge in [-0.05, 0) is 54.4 Å². The Hall–Kier alpha value is -4.86. The third kappa shape index (κ3) is 4.75. The zero-order valence-corrected chi connectivity index (χ0v) is 23.3. The molecule has 0 spiro atoms. The Labute approximate surface area is 241 Å². The van der Waals surface area contributed by atoms with Gasteiger partial charge in [0.05, 0.1) is 31.7 Å². The molecule has 0 aliphatic carbocycles. The molecule has 6 rings (SSSR count). The molecule has 0 saturated heterocycles. The summed E-state index contributed by atoms with van der Waals surface area (Å²) < 4.78 is 12.4. The van der Waals surface area contributed by atoms with Crippen LogP contribution < -0.4 is 15.0 Å². The van der Waals surface area contributed by atoms with E-state index in [-0.39, 0.29) is 24.6 Å². The molecular formula is C31H26ClN5O4. The molecule has 41 heavy (non-hydrogen) atoms. The quantitative estimate of drug-likeness (QED) is 0.289. The predicted octanol–water partition coefficient (Wildman–Crippen LogP) is 5.30. The number of fused-ring (bicyclic) bond motifs is 2. The van der Waals surface area contributed by atoms with Gasteiger partial charge in [0, 0.05) is 52.3 Å². The molecule has 0 aliphatic heterocycles. The second-order valence-corrected chi connectivity index (χ2v) is 9.19. The molecule has 2 aromatic carbocycles. The summed E-state index contributed by atoms with van der Waals surface area (Å²) in [6.45, 7) is 1.62. The van der Waals surface area contributed by atoms with E-state index in [0.717, 1.165) is 27.5 Å². The van der Waals surface area contributed by atoms with Gasteiger partial charge in [0.2, 0.25) is 0 Å². The van der Waals surface area contributed by atoms with Crippen molar-refractivity contribution in [2.45, 2.75) is 13.5 Å². The molecule has 0 amide bonds. The van der Waals surface area contributed by atoms with Crippen molar-refractivity contribution in [2.24, 2.45) is 0 Å². The summed E-state index contributed by atoms with van der Waals surface area (Å²) in [5, 5.41) is 17.1. The number of aryl methyl sites for hydroxylation is 1. The zero-order valence-electron chi connectivity index (χ0n) is 22.5. The number of pyridine rings is 3. The highest BCUT2D eigenvalue weighted by molar-refractivity contribution is 5.99. The number of ether oxygens (including phenoxy) is 2. The Kier molecular flexibility index (Phi) is 7.65. The third-order valence-electron chi connectivity index (χ3n) is 6.95. The summed E-state index contributed by atoms with van der Waals surface area (Å²) in [4.78, 5) is 27.1. The van der Waals surface area contributed by atoms with E-state index in [4.69, 9.17) is 19.6 Å². The Balaban J connectivity index is 0.00000337. The van der Waals surface area contributed by atoms with Crippen molar-refractivity contribution in [3.8, 4) is 39.7 Å². The van der Waals surface area contributed by atoms with E-state index in [9.17, 15) is 9.90 Å². The molecule has 206 valence electrons. The number of nitrogens with zero attached hydrogens (tertiary/aromatic N) is 5. The number of methoxy groups -OCH3 is 2. The van der Waals surface area contributed by atoms with Gasteiger partial charge in [0.1, 0.15) is 5.69 Å². The lowest BCUT2D eigenvalue weighted by atomic mass is 9.95. The van der Waals surface area contributed by atoms with Gasteiger partial charge in [-0.3, -0.25) is 14.8 Å². The highest BCUT2D eigenvalue weighted by atomic mass is 35.5. The minimum atomic E-state index is -0.294. The summed E-state index contributed by atoms with van der Waals surface area (Å²) in [6.07, 6.45) is 5.03. The molecule has 0 unspecified atom stereocenters. The molecule has 10 heteroatoms. The van der Waals surface area contributed by atoms with Crippen molar-refractivity contribution in [1.29, 1.82) is 0 Å². The normalized spacial score (nSPS) is 10.9. The maximum atomic E-state index is 13.7. The van der Waals surface area contributed by atoms with E-state index < -0.39 is 0 Å². The first-order chi connectivity index (χ1) is 19.5. The first-order valence-electron chi connectivity index (χ1n) is 12.6. The molecule has 0 fully saturated rings. The van der Waals surface area contributed by atoms with Crippen LogP contribution in [0.2, 0.25) is 0 Å². The van der Waals surface area contributed by atoms with Crippen LogP contribution >= 0.6 is 12.4 Å². The van der Waals surface area contributed by atoms with Gasteiger partial charge in [0.25, 0.3) is 5.56 Å². The number of halogens is 1. The molecule has 0 saturated carbocycles. The van der Waals surface area contributed by atoms with E-state index >= 15 is 0 Å². The fourth-order valence-corrected chi connectivity index (χ4v) is 5.03. The van der Waals surface area contributed by atoms with E-state index in [0.29, 0.717) is 45.2 Å². The van der Waals surface area contributed by atoms with Crippen molar-refractivity contribution < 1.29 is 14.6 Å². The lowest BCUT2D eigenvalue weighted by Crippen LogP contribution is -2.23. The molecule has 0 radical (unpaired) electrons. The topological polar surface area (TPSA) is 112 Å². The van der Waals surface area contributed by atoms with E-state index in [1.807, 2.05) is 55.5 Å². The first kappa shape index (κ1) is 27.7. The Bertz CT molecular complexity index is 1960. The van der Waals surface area contributed by atoms with Crippen LogP contribution in [-0.4, -0.2) is 44.1 Å². The lowest BCUT2D eigenvalue weighted by Gasteiger charge is -2.17. The average molecular weight is 568 g/mol. The second kappa shape index (κ2) is 11.3. The molecule has 0 aliphatic rings. The van der Waals surface area contributed by atoms with Crippen LogP contribution in [0.4, 0.5) is 0 Å². The molecule has 0 bridgehead atoms. The van der Waals surface area contributed by atoms with Crippen molar-refractivity contribution in [2.75, 3.05) is 14.2 Å². The summed E-state index contributed by atoms with van der Waals surface area (Å²) in [6, 6.07) is 18.4. The minimum Gasteiger partial charge on any atom is -0.493 e. The van der Waals surface area contributed by atoms with Crippen LogP contribution in [-0.2, 0) is 6.61 Å². The molecule has 4 heterocycles. The molecule has 6 aromatic rings. The van der Waals surface area contributed by atoms with E-state index in [1.54, 1.807) is 44.9 Å². The first-order valence-corrected chi connectivity index (χ1v) is 12.6. The van der Waals surface area contributed by atoms with Gasteiger partial charge >= 0.3 is 0 Å². The molecule has 9 nitrogen and oxygen atoms in total.